The van der Waals surface area contributed by atoms with Gasteiger partial charge in [0, 0.05) is 29.1 Å². The highest BCUT2D eigenvalue weighted by Gasteiger charge is 2.12. The second kappa shape index (κ2) is 7.64. The summed E-state index contributed by atoms with van der Waals surface area (Å²) in [6.07, 6.45) is 1.72. The van der Waals surface area contributed by atoms with E-state index in [1.807, 2.05) is 24.3 Å². The van der Waals surface area contributed by atoms with E-state index in [2.05, 4.69) is 15.1 Å². The summed E-state index contributed by atoms with van der Waals surface area (Å²) in [5, 5.41) is 4.85. The molecule has 0 bridgehead atoms. The fraction of sp³-hybridized carbons (Fsp3) is 0.100. The van der Waals surface area contributed by atoms with Crippen LogP contribution in [0.3, 0.4) is 0 Å². The van der Waals surface area contributed by atoms with Gasteiger partial charge in [0.2, 0.25) is 5.56 Å². The predicted molar refractivity (Wildman–Crippen MR) is 107 cm³/mol. The van der Waals surface area contributed by atoms with Crippen LogP contribution in [0.1, 0.15) is 0 Å². The standard InChI is InChI=1S/C20H17FN6O2/c21-9-13(10-22)11-27-20(29)26(12-23-27)18-6-2-5-16(24-18)14-3-1-4-17-15(14)7-8-19(28)25-17/h1-9,12H,10-11,22H2,(H,25,28)/b13-9+. The van der Waals surface area contributed by atoms with Crippen molar-refractivity contribution in [2.75, 3.05) is 6.54 Å². The van der Waals surface area contributed by atoms with Gasteiger partial charge in [-0.1, -0.05) is 18.2 Å². The van der Waals surface area contributed by atoms with Crippen molar-refractivity contribution in [3.05, 3.63) is 87.6 Å². The van der Waals surface area contributed by atoms with E-state index in [9.17, 15) is 14.0 Å². The number of nitrogens with two attached hydrogens (primary N) is 1. The molecule has 0 aliphatic rings. The van der Waals surface area contributed by atoms with E-state index >= 15 is 0 Å². The minimum absolute atomic E-state index is 0.00723. The third-order valence-electron chi connectivity index (χ3n) is 4.53. The molecular weight excluding hydrogens is 375 g/mol. The molecule has 3 aromatic heterocycles. The number of fused-ring (bicyclic) bond motifs is 1. The first-order valence-corrected chi connectivity index (χ1v) is 8.83. The molecule has 1 aromatic carbocycles. The summed E-state index contributed by atoms with van der Waals surface area (Å²) in [6, 6.07) is 14.0. The van der Waals surface area contributed by atoms with Gasteiger partial charge in [0.1, 0.15) is 12.1 Å². The number of hydrogen-bond acceptors (Lipinski definition) is 5. The van der Waals surface area contributed by atoms with Crippen LogP contribution in [0.25, 0.3) is 28.0 Å². The summed E-state index contributed by atoms with van der Waals surface area (Å²) in [6.45, 7) is -0.0398. The molecule has 0 radical (unpaired) electrons. The van der Waals surface area contributed by atoms with E-state index in [0.717, 1.165) is 15.6 Å². The van der Waals surface area contributed by atoms with Crippen LogP contribution < -0.4 is 17.0 Å². The Morgan fingerprint density at radius 1 is 1.14 bits per heavy atom. The maximum Gasteiger partial charge on any atom is 0.351 e. The Morgan fingerprint density at radius 3 is 2.76 bits per heavy atom. The average molecular weight is 392 g/mol. The minimum atomic E-state index is -0.454. The number of pyridine rings is 2. The highest BCUT2D eigenvalue weighted by atomic mass is 19.1. The van der Waals surface area contributed by atoms with Crippen LogP contribution in [0.15, 0.2) is 76.4 Å². The quantitative estimate of drug-likeness (QED) is 0.537. The molecule has 3 heterocycles. The first kappa shape index (κ1) is 18.5. The van der Waals surface area contributed by atoms with Crippen molar-refractivity contribution in [2.24, 2.45) is 5.73 Å². The second-order valence-corrected chi connectivity index (χ2v) is 6.38. The van der Waals surface area contributed by atoms with Crippen LogP contribution in [0, 0.1) is 0 Å². The Hall–Kier alpha value is -3.85. The van der Waals surface area contributed by atoms with Crippen molar-refractivity contribution in [3.8, 4) is 17.1 Å². The zero-order chi connectivity index (χ0) is 20.4. The van der Waals surface area contributed by atoms with Gasteiger partial charge >= 0.3 is 5.69 Å². The molecule has 0 amide bonds. The highest BCUT2D eigenvalue weighted by Crippen LogP contribution is 2.26. The molecule has 0 saturated carbocycles. The zero-order valence-electron chi connectivity index (χ0n) is 15.2. The Balaban J connectivity index is 1.77. The number of halogens is 1. The van der Waals surface area contributed by atoms with Crippen molar-refractivity contribution < 1.29 is 4.39 Å². The molecule has 3 N–H and O–H groups in total. The predicted octanol–water partition coefficient (Wildman–Crippen LogP) is 1.75. The lowest BCUT2D eigenvalue weighted by molar-refractivity contribution is 0.612. The number of nitrogens with one attached hydrogen (secondary N) is 1. The maximum atomic E-state index is 12.8. The van der Waals surface area contributed by atoms with Crippen molar-refractivity contribution in [1.82, 2.24) is 24.3 Å². The summed E-state index contributed by atoms with van der Waals surface area (Å²) in [4.78, 5) is 31.6. The minimum Gasteiger partial charge on any atom is -0.327 e. The smallest absolute Gasteiger partial charge is 0.327 e. The van der Waals surface area contributed by atoms with Crippen LogP contribution in [-0.4, -0.2) is 30.9 Å². The fourth-order valence-corrected chi connectivity index (χ4v) is 3.06. The van der Waals surface area contributed by atoms with Crippen LogP contribution in [-0.2, 0) is 6.54 Å². The van der Waals surface area contributed by atoms with E-state index in [0.29, 0.717) is 23.4 Å². The molecule has 4 aromatic rings. The van der Waals surface area contributed by atoms with Crippen molar-refractivity contribution >= 4 is 10.9 Å². The van der Waals surface area contributed by atoms with Gasteiger partial charge in [-0.05, 0) is 29.8 Å². The van der Waals surface area contributed by atoms with Crippen LogP contribution in [0.5, 0.6) is 0 Å². The molecule has 146 valence electrons. The first-order valence-electron chi connectivity index (χ1n) is 8.83. The Labute approximate surface area is 163 Å². The molecular formula is C20H17FN6O2. The topological polar surface area (TPSA) is 112 Å². The van der Waals surface area contributed by atoms with Gasteiger partial charge in [-0.3, -0.25) is 4.79 Å². The van der Waals surface area contributed by atoms with Gasteiger partial charge in [-0.15, -0.1) is 0 Å². The number of nitrogens with zero attached hydrogens (tertiary/aromatic N) is 4. The summed E-state index contributed by atoms with van der Waals surface area (Å²) < 4.78 is 15.2. The van der Waals surface area contributed by atoms with Crippen molar-refractivity contribution in [3.63, 3.8) is 0 Å². The van der Waals surface area contributed by atoms with Crippen molar-refractivity contribution in [2.45, 2.75) is 6.54 Å². The van der Waals surface area contributed by atoms with E-state index in [1.54, 1.807) is 18.2 Å². The molecule has 8 nitrogen and oxygen atoms in total. The van der Waals surface area contributed by atoms with Gasteiger partial charge in [0.15, 0.2) is 0 Å². The van der Waals surface area contributed by atoms with E-state index in [4.69, 9.17) is 5.73 Å². The van der Waals surface area contributed by atoms with Crippen molar-refractivity contribution in [1.29, 1.82) is 0 Å². The molecule has 0 fully saturated rings. The molecule has 9 heteroatoms. The molecule has 0 aliphatic carbocycles. The molecule has 0 spiro atoms. The van der Waals surface area contributed by atoms with E-state index in [-0.39, 0.29) is 24.2 Å². The largest absolute Gasteiger partial charge is 0.351 e. The fourth-order valence-electron chi connectivity index (χ4n) is 3.06. The summed E-state index contributed by atoms with van der Waals surface area (Å²) in [7, 11) is 0. The van der Waals surface area contributed by atoms with E-state index in [1.165, 1.54) is 17.0 Å². The third-order valence-corrected chi connectivity index (χ3v) is 4.53. The third kappa shape index (κ3) is 3.50. The molecule has 0 atom stereocenters. The van der Waals surface area contributed by atoms with E-state index < -0.39 is 5.69 Å². The molecule has 0 unspecified atom stereocenters. The zero-order valence-corrected chi connectivity index (χ0v) is 15.2. The van der Waals surface area contributed by atoms with Gasteiger partial charge in [-0.25, -0.2) is 23.4 Å². The SMILES string of the molecule is NC/C(=C\F)Cn1ncn(-c2cccc(-c3cccc4[nH]c(=O)ccc34)n2)c1=O. The summed E-state index contributed by atoms with van der Waals surface area (Å²) in [5.41, 5.74) is 7.20. The lowest BCUT2D eigenvalue weighted by Gasteiger charge is -2.08. The number of benzene rings is 1. The number of aromatic nitrogens is 5. The monoisotopic (exact) mass is 392 g/mol. The normalized spacial score (nSPS) is 11.9. The van der Waals surface area contributed by atoms with Gasteiger partial charge in [0.05, 0.1) is 18.6 Å². The van der Waals surface area contributed by atoms with Crippen LogP contribution >= 0.6 is 0 Å². The summed E-state index contributed by atoms with van der Waals surface area (Å²) in [5.74, 6) is 0.374. The Kier molecular flexibility index (Phi) is 4.88. The number of rotatable bonds is 5. The van der Waals surface area contributed by atoms with Gasteiger partial charge in [0.25, 0.3) is 0 Å². The lowest BCUT2D eigenvalue weighted by Crippen LogP contribution is -2.26. The van der Waals surface area contributed by atoms with Crippen LogP contribution in [0.4, 0.5) is 4.39 Å². The van der Waals surface area contributed by atoms with Crippen LogP contribution in [0.2, 0.25) is 0 Å². The Bertz CT molecular complexity index is 1330. The first-order chi connectivity index (χ1) is 14.1. The lowest BCUT2D eigenvalue weighted by atomic mass is 10.1. The Morgan fingerprint density at radius 2 is 1.97 bits per heavy atom. The number of H-pyrrole nitrogens is 1. The molecule has 29 heavy (non-hydrogen) atoms. The van der Waals surface area contributed by atoms with Gasteiger partial charge in [-0.2, -0.15) is 5.10 Å². The number of hydrogen-bond donors (Lipinski definition) is 2. The number of aromatic amines is 1. The highest BCUT2D eigenvalue weighted by molar-refractivity contribution is 5.93. The molecule has 4 rings (SSSR count). The molecule has 0 saturated heterocycles. The van der Waals surface area contributed by atoms with Gasteiger partial charge < -0.3 is 10.7 Å². The molecule has 0 aliphatic heterocycles. The second-order valence-electron chi connectivity index (χ2n) is 6.38. The average Bonchev–Trinajstić information content (AvgIpc) is 3.11. The maximum absolute atomic E-state index is 12.8. The summed E-state index contributed by atoms with van der Waals surface area (Å²) >= 11 is 0.